The maximum absolute atomic E-state index is 10.5. The predicted octanol–water partition coefficient (Wildman–Crippen LogP) is 1.97. The molecule has 1 aliphatic rings. The molecule has 0 aliphatic carbocycles. The Hall–Kier alpha value is -0.870. The van der Waals surface area contributed by atoms with E-state index >= 15 is 0 Å². The van der Waals surface area contributed by atoms with E-state index in [1.807, 2.05) is 24.3 Å². The van der Waals surface area contributed by atoms with Crippen molar-refractivity contribution in [3.05, 3.63) is 34.3 Å². The number of hydrogen-bond acceptors (Lipinski definition) is 2. The first-order chi connectivity index (χ1) is 6.18. The molecule has 2 atom stereocenters. The largest absolute Gasteiger partial charge is 0.479 e. The van der Waals surface area contributed by atoms with Gasteiger partial charge in [-0.2, -0.15) is 0 Å². The van der Waals surface area contributed by atoms with E-state index in [2.05, 4.69) is 15.9 Å². The van der Waals surface area contributed by atoms with Crippen molar-refractivity contribution in [1.82, 2.24) is 0 Å². The van der Waals surface area contributed by atoms with Crippen LogP contribution in [0, 0.1) is 0 Å². The van der Waals surface area contributed by atoms with Crippen LogP contribution in [0.4, 0.5) is 0 Å². The summed E-state index contributed by atoms with van der Waals surface area (Å²) in [4.78, 5) is 10.5. The Morgan fingerprint density at radius 3 is 2.46 bits per heavy atom. The lowest BCUT2D eigenvalue weighted by molar-refractivity contribution is -0.138. The molecule has 4 heteroatoms. The minimum absolute atomic E-state index is 0.259. The normalized spacial score (nSPS) is 25.6. The third-order valence-electron chi connectivity index (χ3n) is 1.93. The average Bonchev–Trinajstić information content (AvgIpc) is 2.85. The summed E-state index contributed by atoms with van der Waals surface area (Å²) in [5.41, 5.74) is 0.913. The fourth-order valence-corrected chi connectivity index (χ4v) is 1.47. The molecular formula is C9H7BrO3. The van der Waals surface area contributed by atoms with Crippen LogP contribution in [0.3, 0.4) is 0 Å². The number of benzene rings is 1. The molecule has 1 aromatic rings. The van der Waals surface area contributed by atoms with Crippen LogP contribution in [0.15, 0.2) is 28.7 Å². The average molecular weight is 243 g/mol. The van der Waals surface area contributed by atoms with Gasteiger partial charge in [0, 0.05) is 4.47 Å². The van der Waals surface area contributed by atoms with Crippen LogP contribution in [-0.4, -0.2) is 17.2 Å². The summed E-state index contributed by atoms with van der Waals surface area (Å²) in [7, 11) is 0. The van der Waals surface area contributed by atoms with Crippen LogP contribution in [0.25, 0.3) is 0 Å². The van der Waals surface area contributed by atoms with Crippen molar-refractivity contribution in [2.75, 3.05) is 0 Å². The topological polar surface area (TPSA) is 49.8 Å². The van der Waals surface area contributed by atoms with Gasteiger partial charge in [-0.3, -0.25) is 0 Å². The monoisotopic (exact) mass is 242 g/mol. The zero-order chi connectivity index (χ0) is 9.42. The number of hydrogen-bond donors (Lipinski definition) is 1. The zero-order valence-corrected chi connectivity index (χ0v) is 8.19. The number of carboxylic acids is 1. The molecule has 3 nitrogen and oxygen atoms in total. The van der Waals surface area contributed by atoms with Crippen molar-refractivity contribution in [2.45, 2.75) is 12.2 Å². The first-order valence-corrected chi connectivity index (χ1v) is 4.61. The minimum atomic E-state index is -0.895. The van der Waals surface area contributed by atoms with E-state index in [4.69, 9.17) is 9.84 Å². The molecule has 13 heavy (non-hydrogen) atoms. The first-order valence-electron chi connectivity index (χ1n) is 3.82. The standard InChI is InChI=1S/C9H7BrO3/c10-6-3-1-5(2-4-6)7-8(13-7)9(11)12/h1-4,7-8H,(H,11,12)/t7-,8-/m0/s1. The van der Waals surface area contributed by atoms with Crippen LogP contribution < -0.4 is 0 Å². The molecule has 1 N–H and O–H groups in total. The lowest BCUT2D eigenvalue weighted by atomic mass is 10.1. The Morgan fingerprint density at radius 1 is 1.38 bits per heavy atom. The molecule has 1 fully saturated rings. The summed E-state index contributed by atoms with van der Waals surface area (Å²) in [6, 6.07) is 7.46. The predicted molar refractivity (Wildman–Crippen MR) is 49.4 cm³/mol. The number of rotatable bonds is 2. The van der Waals surface area contributed by atoms with E-state index in [1.54, 1.807) is 0 Å². The SMILES string of the molecule is O=C(O)[C@H]1O[C@H]1c1ccc(Br)cc1. The van der Waals surface area contributed by atoms with E-state index < -0.39 is 12.1 Å². The molecule has 0 bridgehead atoms. The van der Waals surface area contributed by atoms with Crippen LogP contribution in [-0.2, 0) is 9.53 Å². The number of ether oxygens (including phenoxy) is 1. The summed E-state index contributed by atoms with van der Waals surface area (Å²) >= 11 is 3.30. The number of epoxide rings is 1. The lowest BCUT2D eigenvalue weighted by Gasteiger charge is -1.94. The van der Waals surface area contributed by atoms with Crippen molar-refractivity contribution in [3.63, 3.8) is 0 Å². The molecule has 1 heterocycles. The van der Waals surface area contributed by atoms with Gasteiger partial charge in [-0.05, 0) is 17.7 Å². The highest BCUT2D eigenvalue weighted by Crippen LogP contribution is 2.38. The molecule has 0 unspecified atom stereocenters. The summed E-state index contributed by atoms with van der Waals surface area (Å²) in [5, 5.41) is 8.61. The van der Waals surface area contributed by atoms with Gasteiger partial charge in [0.15, 0.2) is 6.10 Å². The second-order valence-corrected chi connectivity index (χ2v) is 3.78. The Balaban J connectivity index is 2.12. The summed E-state index contributed by atoms with van der Waals surface area (Å²) in [6.07, 6.45) is -0.910. The van der Waals surface area contributed by atoms with Crippen molar-refractivity contribution in [3.8, 4) is 0 Å². The van der Waals surface area contributed by atoms with Gasteiger partial charge < -0.3 is 9.84 Å². The molecule has 1 aromatic carbocycles. The molecule has 0 radical (unpaired) electrons. The fraction of sp³-hybridized carbons (Fsp3) is 0.222. The molecule has 1 saturated heterocycles. The van der Waals surface area contributed by atoms with Crippen molar-refractivity contribution in [2.24, 2.45) is 0 Å². The van der Waals surface area contributed by atoms with Crippen LogP contribution in [0.1, 0.15) is 11.7 Å². The second-order valence-electron chi connectivity index (χ2n) is 2.87. The summed E-state index contributed by atoms with van der Waals surface area (Å²) < 4.78 is 5.97. The maximum atomic E-state index is 10.5. The molecule has 0 saturated carbocycles. The van der Waals surface area contributed by atoms with Gasteiger partial charge in [0.2, 0.25) is 0 Å². The van der Waals surface area contributed by atoms with E-state index in [9.17, 15) is 4.79 Å². The zero-order valence-electron chi connectivity index (χ0n) is 6.61. The smallest absolute Gasteiger partial charge is 0.335 e. The Kier molecular flexibility index (Phi) is 2.09. The minimum Gasteiger partial charge on any atom is -0.479 e. The number of carbonyl (C=O) groups is 1. The quantitative estimate of drug-likeness (QED) is 0.808. The third kappa shape index (κ3) is 1.73. The molecule has 0 amide bonds. The first kappa shape index (κ1) is 8.72. The number of halogens is 1. The molecule has 2 rings (SSSR count). The third-order valence-corrected chi connectivity index (χ3v) is 2.46. The highest BCUT2D eigenvalue weighted by molar-refractivity contribution is 9.10. The van der Waals surface area contributed by atoms with Crippen molar-refractivity contribution in [1.29, 1.82) is 0 Å². The van der Waals surface area contributed by atoms with Gasteiger partial charge in [-0.25, -0.2) is 4.79 Å². The van der Waals surface area contributed by atoms with Gasteiger partial charge in [-0.15, -0.1) is 0 Å². The van der Waals surface area contributed by atoms with Gasteiger partial charge in [0.25, 0.3) is 0 Å². The Morgan fingerprint density at radius 2 is 2.00 bits per heavy atom. The van der Waals surface area contributed by atoms with Crippen molar-refractivity contribution < 1.29 is 14.6 Å². The van der Waals surface area contributed by atoms with E-state index in [0.717, 1.165) is 10.0 Å². The summed E-state index contributed by atoms with van der Waals surface area (Å²) in [6.45, 7) is 0. The van der Waals surface area contributed by atoms with Crippen LogP contribution in [0.5, 0.6) is 0 Å². The summed E-state index contributed by atoms with van der Waals surface area (Å²) in [5.74, 6) is -0.895. The van der Waals surface area contributed by atoms with Gasteiger partial charge in [0.1, 0.15) is 6.10 Å². The van der Waals surface area contributed by atoms with Gasteiger partial charge >= 0.3 is 5.97 Å². The number of carboxylic acid groups (broad SMARTS) is 1. The van der Waals surface area contributed by atoms with E-state index in [-0.39, 0.29) is 6.10 Å². The molecular weight excluding hydrogens is 236 g/mol. The molecule has 0 aromatic heterocycles. The van der Waals surface area contributed by atoms with Gasteiger partial charge in [0.05, 0.1) is 0 Å². The van der Waals surface area contributed by atoms with Crippen molar-refractivity contribution >= 4 is 21.9 Å². The highest BCUT2D eigenvalue weighted by Gasteiger charge is 2.46. The van der Waals surface area contributed by atoms with Crippen LogP contribution in [0.2, 0.25) is 0 Å². The Bertz CT molecular complexity index is 333. The second kappa shape index (κ2) is 3.12. The molecule has 68 valence electrons. The molecule has 1 aliphatic heterocycles. The van der Waals surface area contributed by atoms with E-state index in [0.29, 0.717) is 0 Å². The van der Waals surface area contributed by atoms with Crippen LogP contribution >= 0.6 is 15.9 Å². The maximum Gasteiger partial charge on any atom is 0.335 e. The lowest BCUT2D eigenvalue weighted by Crippen LogP contribution is -2.04. The molecule has 0 spiro atoms. The van der Waals surface area contributed by atoms with Gasteiger partial charge in [-0.1, -0.05) is 28.1 Å². The Labute approximate surface area is 83.5 Å². The highest BCUT2D eigenvalue weighted by atomic mass is 79.9. The number of aliphatic carboxylic acids is 1. The fourth-order valence-electron chi connectivity index (χ4n) is 1.21. The van der Waals surface area contributed by atoms with E-state index in [1.165, 1.54) is 0 Å².